The predicted molar refractivity (Wildman–Crippen MR) is 63.6 cm³/mol. The molecule has 1 saturated carbocycles. The molecule has 4 heteroatoms. The van der Waals surface area contributed by atoms with Crippen LogP contribution in [-0.2, 0) is 0 Å². The number of carbonyl (C=O) groups is 1. The van der Waals surface area contributed by atoms with Crippen LogP contribution in [0.5, 0.6) is 0 Å². The van der Waals surface area contributed by atoms with Crippen molar-refractivity contribution in [1.29, 1.82) is 0 Å². The van der Waals surface area contributed by atoms with E-state index in [1.807, 2.05) is 0 Å². The standard InChI is InChI=1S/C12H16N2O2/c13-10-6-2-5-9(12(15)16)11(10)14-7-8-3-1-4-8/h2,5-6,8,14H,1,3-4,7,13H2,(H,15,16). The van der Waals surface area contributed by atoms with Crippen molar-refractivity contribution in [1.82, 2.24) is 0 Å². The second-order valence-electron chi connectivity index (χ2n) is 4.25. The molecule has 0 unspecified atom stereocenters. The SMILES string of the molecule is Nc1cccc(C(=O)O)c1NCC1CCC1. The highest BCUT2D eigenvalue weighted by Gasteiger charge is 2.19. The quantitative estimate of drug-likeness (QED) is 0.680. The minimum atomic E-state index is -0.941. The molecule has 0 aliphatic heterocycles. The van der Waals surface area contributed by atoms with Gasteiger partial charge in [-0.05, 0) is 30.9 Å². The third kappa shape index (κ3) is 2.10. The van der Waals surface area contributed by atoms with Crippen LogP contribution in [-0.4, -0.2) is 17.6 Å². The number of nitrogen functional groups attached to an aromatic ring is 1. The summed E-state index contributed by atoms with van der Waals surface area (Å²) in [6.07, 6.45) is 3.73. The molecule has 0 heterocycles. The normalized spacial score (nSPS) is 15.5. The number of carboxylic acid groups (broad SMARTS) is 1. The predicted octanol–water partition coefficient (Wildman–Crippen LogP) is 2.18. The number of para-hydroxylation sites is 1. The van der Waals surface area contributed by atoms with E-state index in [9.17, 15) is 4.79 Å². The van der Waals surface area contributed by atoms with Crippen molar-refractivity contribution in [3.8, 4) is 0 Å². The van der Waals surface area contributed by atoms with Crippen LogP contribution in [0.1, 0.15) is 29.6 Å². The highest BCUT2D eigenvalue weighted by molar-refractivity contribution is 5.97. The summed E-state index contributed by atoms with van der Waals surface area (Å²) in [6, 6.07) is 4.95. The maximum atomic E-state index is 11.0. The molecule has 0 saturated heterocycles. The number of rotatable bonds is 4. The van der Waals surface area contributed by atoms with Crippen LogP contribution in [0.4, 0.5) is 11.4 Å². The van der Waals surface area contributed by atoms with E-state index in [0.717, 1.165) is 6.54 Å². The van der Waals surface area contributed by atoms with Crippen molar-refractivity contribution in [2.45, 2.75) is 19.3 Å². The lowest BCUT2D eigenvalue weighted by Crippen LogP contribution is -2.22. The average Bonchev–Trinajstić information content (AvgIpc) is 2.17. The molecule has 1 aromatic rings. The zero-order valence-corrected chi connectivity index (χ0v) is 9.07. The largest absolute Gasteiger partial charge is 0.478 e. The summed E-state index contributed by atoms with van der Waals surface area (Å²) in [6.45, 7) is 0.814. The third-order valence-corrected chi connectivity index (χ3v) is 3.12. The summed E-state index contributed by atoms with van der Waals surface area (Å²) in [5.41, 5.74) is 7.08. The molecule has 4 N–H and O–H groups in total. The fourth-order valence-electron chi connectivity index (χ4n) is 1.89. The number of benzene rings is 1. The van der Waals surface area contributed by atoms with E-state index >= 15 is 0 Å². The fraction of sp³-hybridized carbons (Fsp3) is 0.417. The van der Waals surface area contributed by atoms with Crippen LogP contribution in [0.15, 0.2) is 18.2 Å². The molecule has 0 spiro atoms. The Morgan fingerprint density at radius 1 is 1.50 bits per heavy atom. The van der Waals surface area contributed by atoms with Gasteiger partial charge in [-0.15, -0.1) is 0 Å². The monoisotopic (exact) mass is 220 g/mol. The van der Waals surface area contributed by atoms with Gasteiger partial charge in [0.15, 0.2) is 0 Å². The smallest absolute Gasteiger partial charge is 0.337 e. The third-order valence-electron chi connectivity index (χ3n) is 3.12. The van der Waals surface area contributed by atoms with Crippen LogP contribution < -0.4 is 11.1 Å². The summed E-state index contributed by atoms with van der Waals surface area (Å²) in [4.78, 5) is 11.0. The van der Waals surface area contributed by atoms with Gasteiger partial charge in [0.2, 0.25) is 0 Å². The number of carboxylic acids is 1. The first-order valence-corrected chi connectivity index (χ1v) is 5.54. The Bertz CT molecular complexity index is 400. The van der Waals surface area contributed by atoms with Gasteiger partial charge in [-0.3, -0.25) is 0 Å². The topological polar surface area (TPSA) is 75.4 Å². The van der Waals surface area contributed by atoms with Crippen molar-refractivity contribution >= 4 is 17.3 Å². The zero-order chi connectivity index (χ0) is 11.5. The van der Waals surface area contributed by atoms with Crippen molar-refractivity contribution in [2.75, 3.05) is 17.6 Å². The van der Waals surface area contributed by atoms with E-state index in [4.69, 9.17) is 10.8 Å². The van der Waals surface area contributed by atoms with Crippen LogP contribution in [0.3, 0.4) is 0 Å². The Labute approximate surface area is 94.5 Å². The van der Waals surface area contributed by atoms with Gasteiger partial charge >= 0.3 is 5.97 Å². The van der Waals surface area contributed by atoms with Gasteiger partial charge in [-0.25, -0.2) is 4.79 Å². The van der Waals surface area contributed by atoms with Gasteiger partial charge in [0.1, 0.15) is 0 Å². The summed E-state index contributed by atoms with van der Waals surface area (Å²) >= 11 is 0. The Balaban J connectivity index is 2.13. The lowest BCUT2D eigenvalue weighted by Gasteiger charge is -2.26. The van der Waals surface area contributed by atoms with Crippen LogP contribution in [0.2, 0.25) is 0 Å². The van der Waals surface area contributed by atoms with Gasteiger partial charge in [0, 0.05) is 6.54 Å². The van der Waals surface area contributed by atoms with Gasteiger partial charge in [0.25, 0.3) is 0 Å². The van der Waals surface area contributed by atoms with Gasteiger partial charge < -0.3 is 16.2 Å². The molecule has 0 aromatic heterocycles. The molecule has 0 amide bonds. The number of nitrogens with one attached hydrogen (secondary N) is 1. The minimum absolute atomic E-state index is 0.249. The Hall–Kier alpha value is -1.71. The number of aromatic carboxylic acids is 1. The summed E-state index contributed by atoms with van der Waals surface area (Å²) in [5, 5.41) is 12.2. The molecule has 1 aromatic carbocycles. The van der Waals surface area contributed by atoms with Crippen LogP contribution in [0.25, 0.3) is 0 Å². The second-order valence-corrected chi connectivity index (χ2v) is 4.25. The molecule has 16 heavy (non-hydrogen) atoms. The molecule has 0 radical (unpaired) electrons. The summed E-state index contributed by atoms with van der Waals surface area (Å²) in [7, 11) is 0. The second kappa shape index (κ2) is 4.43. The average molecular weight is 220 g/mol. The molecule has 1 aliphatic carbocycles. The Morgan fingerprint density at radius 2 is 2.25 bits per heavy atom. The first kappa shape index (κ1) is 10.8. The van der Waals surface area contributed by atoms with Crippen LogP contribution in [0, 0.1) is 5.92 Å². The Morgan fingerprint density at radius 3 is 2.81 bits per heavy atom. The number of nitrogens with two attached hydrogens (primary N) is 1. The van der Waals surface area contributed by atoms with Crippen molar-refractivity contribution in [2.24, 2.45) is 5.92 Å². The molecule has 86 valence electrons. The number of hydrogen-bond acceptors (Lipinski definition) is 3. The highest BCUT2D eigenvalue weighted by atomic mass is 16.4. The first-order valence-electron chi connectivity index (χ1n) is 5.54. The van der Waals surface area contributed by atoms with Crippen LogP contribution >= 0.6 is 0 Å². The van der Waals surface area contributed by atoms with E-state index in [1.54, 1.807) is 18.2 Å². The maximum Gasteiger partial charge on any atom is 0.337 e. The Kier molecular flexibility index (Phi) is 2.99. The first-order chi connectivity index (χ1) is 7.68. The lowest BCUT2D eigenvalue weighted by atomic mass is 9.85. The zero-order valence-electron chi connectivity index (χ0n) is 9.07. The van der Waals surface area contributed by atoms with E-state index in [1.165, 1.54) is 19.3 Å². The van der Waals surface area contributed by atoms with E-state index < -0.39 is 5.97 Å². The lowest BCUT2D eigenvalue weighted by molar-refractivity contribution is 0.0698. The van der Waals surface area contributed by atoms with Crippen molar-refractivity contribution < 1.29 is 9.90 Å². The maximum absolute atomic E-state index is 11.0. The summed E-state index contributed by atoms with van der Waals surface area (Å²) < 4.78 is 0. The molecular formula is C12H16N2O2. The highest BCUT2D eigenvalue weighted by Crippen LogP contribution is 2.29. The molecular weight excluding hydrogens is 204 g/mol. The van der Waals surface area contributed by atoms with Crippen molar-refractivity contribution in [3.63, 3.8) is 0 Å². The number of anilines is 2. The molecule has 4 nitrogen and oxygen atoms in total. The molecule has 0 bridgehead atoms. The van der Waals surface area contributed by atoms with Gasteiger partial charge in [-0.1, -0.05) is 12.5 Å². The molecule has 0 atom stereocenters. The van der Waals surface area contributed by atoms with E-state index in [0.29, 0.717) is 17.3 Å². The minimum Gasteiger partial charge on any atom is -0.478 e. The van der Waals surface area contributed by atoms with Gasteiger partial charge in [-0.2, -0.15) is 0 Å². The fourth-order valence-corrected chi connectivity index (χ4v) is 1.89. The molecule has 1 fully saturated rings. The summed E-state index contributed by atoms with van der Waals surface area (Å²) in [5.74, 6) is -0.273. The van der Waals surface area contributed by atoms with E-state index in [-0.39, 0.29) is 5.56 Å². The molecule has 1 aliphatic rings. The van der Waals surface area contributed by atoms with E-state index in [2.05, 4.69) is 5.32 Å². The van der Waals surface area contributed by atoms with Gasteiger partial charge in [0.05, 0.1) is 16.9 Å². The van der Waals surface area contributed by atoms with Crippen molar-refractivity contribution in [3.05, 3.63) is 23.8 Å². The number of hydrogen-bond donors (Lipinski definition) is 3. The molecule has 2 rings (SSSR count).